The Hall–Kier alpha value is -1.03. The van der Waals surface area contributed by atoms with E-state index in [1.165, 1.54) is 17.4 Å². The molecule has 88 valence electrons. The Balaban J connectivity index is 2.00. The molecule has 17 heavy (non-hydrogen) atoms. The van der Waals surface area contributed by atoms with Gasteiger partial charge < -0.3 is 4.74 Å². The molecule has 5 heteroatoms. The molecule has 0 radical (unpaired) electrons. The number of carbonyl (C=O) groups excluding carboxylic acids is 1. The molecule has 0 N–H and O–H groups in total. The lowest BCUT2D eigenvalue weighted by Crippen LogP contribution is -2.10. The van der Waals surface area contributed by atoms with E-state index < -0.39 is 0 Å². The van der Waals surface area contributed by atoms with Gasteiger partial charge in [-0.1, -0.05) is 29.3 Å². The van der Waals surface area contributed by atoms with Crippen molar-refractivity contribution >= 4 is 40.5 Å². The number of benzene rings is 1. The van der Waals surface area contributed by atoms with Gasteiger partial charge in [-0.25, -0.2) is 0 Å². The lowest BCUT2D eigenvalue weighted by atomic mass is 10.3. The monoisotopic (exact) mass is 286 g/mol. The van der Waals surface area contributed by atoms with Crippen molar-refractivity contribution < 1.29 is 9.53 Å². The molecule has 0 saturated heterocycles. The normalized spacial score (nSPS) is 10.2. The summed E-state index contributed by atoms with van der Waals surface area (Å²) in [5.41, 5.74) is 0. The maximum atomic E-state index is 11.6. The average Bonchev–Trinajstić information content (AvgIpc) is 2.76. The fraction of sp³-hybridized carbons (Fsp3) is 0.0833. The van der Waals surface area contributed by atoms with E-state index >= 15 is 0 Å². The summed E-state index contributed by atoms with van der Waals surface area (Å²) in [6, 6.07) is 8.52. The van der Waals surface area contributed by atoms with Crippen LogP contribution < -0.4 is 4.74 Å². The molecule has 0 amide bonds. The van der Waals surface area contributed by atoms with Gasteiger partial charge in [0.15, 0.2) is 0 Å². The summed E-state index contributed by atoms with van der Waals surface area (Å²) >= 11 is 13.1. The molecule has 0 bridgehead atoms. The number of thiophene rings is 1. The molecule has 0 atom stereocenters. The van der Waals surface area contributed by atoms with Crippen molar-refractivity contribution in [2.45, 2.75) is 6.42 Å². The average molecular weight is 287 g/mol. The van der Waals surface area contributed by atoms with Crippen LogP contribution in [0.1, 0.15) is 4.88 Å². The minimum absolute atomic E-state index is 0.262. The van der Waals surface area contributed by atoms with E-state index in [2.05, 4.69) is 0 Å². The van der Waals surface area contributed by atoms with Gasteiger partial charge in [0.2, 0.25) is 0 Å². The zero-order valence-electron chi connectivity index (χ0n) is 8.65. The first kappa shape index (κ1) is 12.4. The molecule has 0 aliphatic heterocycles. The number of carbonyl (C=O) groups is 1. The Morgan fingerprint density at radius 3 is 2.71 bits per heavy atom. The minimum atomic E-state index is -0.314. The highest BCUT2D eigenvalue weighted by molar-refractivity contribution is 7.10. The lowest BCUT2D eigenvalue weighted by molar-refractivity contribution is -0.133. The Morgan fingerprint density at radius 2 is 2.06 bits per heavy atom. The molecule has 0 aliphatic carbocycles. The van der Waals surface area contributed by atoms with E-state index in [-0.39, 0.29) is 12.4 Å². The van der Waals surface area contributed by atoms with Gasteiger partial charge in [-0.2, -0.15) is 0 Å². The second kappa shape index (κ2) is 5.54. The van der Waals surface area contributed by atoms with Crippen LogP contribution in [0.5, 0.6) is 5.75 Å². The van der Waals surface area contributed by atoms with E-state index in [0.717, 1.165) is 4.88 Å². The van der Waals surface area contributed by atoms with Crippen LogP contribution in [0.25, 0.3) is 0 Å². The van der Waals surface area contributed by atoms with Gasteiger partial charge >= 0.3 is 5.97 Å². The summed E-state index contributed by atoms with van der Waals surface area (Å²) < 4.78 is 5.15. The van der Waals surface area contributed by atoms with Crippen LogP contribution in [0.2, 0.25) is 10.0 Å². The first-order valence-corrected chi connectivity index (χ1v) is 6.47. The van der Waals surface area contributed by atoms with Crippen molar-refractivity contribution in [3.8, 4) is 5.75 Å². The summed E-state index contributed by atoms with van der Waals surface area (Å²) in [7, 11) is 0. The van der Waals surface area contributed by atoms with Gasteiger partial charge in [-0.15, -0.1) is 11.3 Å². The standard InChI is InChI=1S/C12H8Cl2O2S/c13-10-4-3-8(6-11(10)14)16-12(15)7-9-2-1-5-17-9/h1-6H,7H2. The molecular formula is C12H8Cl2O2S. The molecule has 2 nitrogen and oxygen atoms in total. The second-order valence-electron chi connectivity index (χ2n) is 3.31. The van der Waals surface area contributed by atoms with E-state index in [0.29, 0.717) is 15.8 Å². The number of halogens is 2. The maximum Gasteiger partial charge on any atom is 0.316 e. The zero-order chi connectivity index (χ0) is 12.3. The molecule has 2 aromatic rings. The number of rotatable bonds is 3. The van der Waals surface area contributed by atoms with Gasteiger partial charge in [-0.3, -0.25) is 4.79 Å². The Bertz CT molecular complexity index is 523. The third-order valence-electron chi connectivity index (χ3n) is 2.02. The second-order valence-corrected chi connectivity index (χ2v) is 5.15. The van der Waals surface area contributed by atoms with E-state index in [1.54, 1.807) is 12.1 Å². The highest BCUT2D eigenvalue weighted by atomic mass is 35.5. The van der Waals surface area contributed by atoms with Crippen molar-refractivity contribution in [2.24, 2.45) is 0 Å². The lowest BCUT2D eigenvalue weighted by Gasteiger charge is -2.04. The van der Waals surface area contributed by atoms with Crippen molar-refractivity contribution in [1.29, 1.82) is 0 Å². The molecule has 2 rings (SSSR count). The molecule has 0 unspecified atom stereocenters. The van der Waals surface area contributed by atoms with Gasteiger partial charge in [0, 0.05) is 10.9 Å². The molecule has 0 fully saturated rings. The smallest absolute Gasteiger partial charge is 0.316 e. The van der Waals surface area contributed by atoms with Crippen LogP contribution in [0, 0.1) is 0 Å². The van der Waals surface area contributed by atoms with Crippen LogP contribution >= 0.6 is 34.5 Å². The highest BCUT2D eigenvalue weighted by Gasteiger charge is 2.08. The summed E-state index contributed by atoms with van der Waals surface area (Å²) in [4.78, 5) is 12.6. The molecule has 0 aliphatic rings. The predicted octanol–water partition coefficient (Wildman–Crippen LogP) is 4.20. The fourth-order valence-electron chi connectivity index (χ4n) is 1.26. The molecule has 1 aromatic heterocycles. The quantitative estimate of drug-likeness (QED) is 0.624. The van der Waals surface area contributed by atoms with E-state index in [4.69, 9.17) is 27.9 Å². The third-order valence-corrected chi connectivity index (χ3v) is 3.64. The molecular weight excluding hydrogens is 279 g/mol. The van der Waals surface area contributed by atoms with E-state index in [1.807, 2.05) is 17.5 Å². The Morgan fingerprint density at radius 1 is 1.24 bits per heavy atom. The Kier molecular flexibility index (Phi) is 4.05. The number of esters is 1. The molecule has 0 saturated carbocycles. The Labute approximate surface area is 113 Å². The molecule has 1 heterocycles. The SMILES string of the molecule is O=C(Cc1cccs1)Oc1ccc(Cl)c(Cl)c1. The topological polar surface area (TPSA) is 26.3 Å². The number of hydrogen-bond acceptors (Lipinski definition) is 3. The predicted molar refractivity (Wildman–Crippen MR) is 70.1 cm³/mol. The summed E-state index contributed by atoms with van der Waals surface area (Å²) in [6.07, 6.45) is 0.262. The summed E-state index contributed by atoms with van der Waals surface area (Å²) in [6.45, 7) is 0. The van der Waals surface area contributed by atoms with Crippen molar-refractivity contribution in [3.05, 3.63) is 50.6 Å². The first-order valence-electron chi connectivity index (χ1n) is 4.83. The summed E-state index contributed by atoms with van der Waals surface area (Å²) in [5.74, 6) is 0.0896. The highest BCUT2D eigenvalue weighted by Crippen LogP contribution is 2.26. The van der Waals surface area contributed by atoms with Crippen LogP contribution in [-0.4, -0.2) is 5.97 Å². The van der Waals surface area contributed by atoms with Gasteiger partial charge in [0.1, 0.15) is 5.75 Å². The van der Waals surface area contributed by atoms with Crippen LogP contribution in [0.3, 0.4) is 0 Å². The van der Waals surface area contributed by atoms with Crippen molar-refractivity contribution in [2.75, 3.05) is 0 Å². The van der Waals surface area contributed by atoms with Gasteiger partial charge in [-0.05, 0) is 23.6 Å². The van der Waals surface area contributed by atoms with Crippen LogP contribution in [-0.2, 0) is 11.2 Å². The zero-order valence-corrected chi connectivity index (χ0v) is 11.0. The molecule has 1 aromatic carbocycles. The van der Waals surface area contributed by atoms with E-state index in [9.17, 15) is 4.79 Å². The first-order chi connectivity index (χ1) is 8.15. The van der Waals surface area contributed by atoms with Crippen LogP contribution in [0.15, 0.2) is 35.7 Å². The number of hydrogen-bond donors (Lipinski definition) is 0. The van der Waals surface area contributed by atoms with Crippen LogP contribution in [0.4, 0.5) is 0 Å². The van der Waals surface area contributed by atoms with Gasteiger partial charge in [0.05, 0.1) is 16.5 Å². The fourth-order valence-corrected chi connectivity index (χ4v) is 2.24. The van der Waals surface area contributed by atoms with Gasteiger partial charge in [0.25, 0.3) is 0 Å². The largest absolute Gasteiger partial charge is 0.426 e. The maximum absolute atomic E-state index is 11.6. The van der Waals surface area contributed by atoms with Crippen molar-refractivity contribution in [3.63, 3.8) is 0 Å². The molecule has 0 spiro atoms. The number of ether oxygens (including phenoxy) is 1. The minimum Gasteiger partial charge on any atom is -0.426 e. The third kappa shape index (κ3) is 3.46. The van der Waals surface area contributed by atoms with Crippen molar-refractivity contribution in [1.82, 2.24) is 0 Å². The summed E-state index contributed by atoms with van der Waals surface area (Å²) in [5, 5.41) is 2.72.